The standard InChI is InChI=1S/C27H30ClNO3/c1-3-4-5-19-6-9-22(10-7-19)27(30)32-25-15-8-20(17-26(25)31-2)16-23(18-29)21-11-13-24(28)14-12-21/h8,11-17,19,22H,3-7,9-10H2,1-2H3/b23-16+. The lowest BCUT2D eigenvalue weighted by Gasteiger charge is -2.27. The first-order chi connectivity index (χ1) is 15.5. The Balaban J connectivity index is 1.68. The minimum atomic E-state index is -0.181. The fourth-order valence-corrected chi connectivity index (χ4v) is 4.33. The summed E-state index contributed by atoms with van der Waals surface area (Å²) in [7, 11) is 1.55. The number of nitrogens with zero attached hydrogens (tertiary/aromatic N) is 1. The fraction of sp³-hybridized carbons (Fsp3) is 0.407. The molecule has 0 atom stereocenters. The SMILES string of the molecule is CCCCC1CCC(C(=O)Oc2ccc(/C=C(\C#N)c3ccc(Cl)cc3)cc2OC)CC1. The lowest BCUT2D eigenvalue weighted by molar-refractivity contribution is -0.140. The van der Waals surface area contributed by atoms with Gasteiger partial charge in [0.2, 0.25) is 0 Å². The molecule has 1 fully saturated rings. The topological polar surface area (TPSA) is 59.3 Å². The van der Waals surface area contributed by atoms with Crippen LogP contribution in [0.5, 0.6) is 11.5 Å². The Morgan fingerprint density at radius 2 is 1.84 bits per heavy atom. The van der Waals surface area contributed by atoms with Crippen molar-refractivity contribution in [3.05, 3.63) is 58.6 Å². The predicted molar refractivity (Wildman–Crippen MR) is 129 cm³/mol. The predicted octanol–water partition coefficient (Wildman–Crippen LogP) is 7.31. The number of ether oxygens (including phenoxy) is 2. The van der Waals surface area contributed by atoms with Gasteiger partial charge in [-0.05, 0) is 73.1 Å². The average Bonchev–Trinajstić information content (AvgIpc) is 2.82. The Hall–Kier alpha value is -2.77. The number of esters is 1. The minimum Gasteiger partial charge on any atom is -0.493 e. The highest BCUT2D eigenvalue weighted by atomic mass is 35.5. The second-order valence-electron chi connectivity index (χ2n) is 8.37. The number of unbranched alkanes of at least 4 members (excludes halogenated alkanes) is 1. The molecule has 2 aromatic carbocycles. The van der Waals surface area contributed by atoms with Crippen molar-refractivity contribution in [2.24, 2.45) is 11.8 Å². The van der Waals surface area contributed by atoms with Crippen LogP contribution < -0.4 is 9.47 Å². The Kier molecular flexibility index (Phi) is 8.76. The van der Waals surface area contributed by atoms with Gasteiger partial charge >= 0.3 is 5.97 Å². The summed E-state index contributed by atoms with van der Waals surface area (Å²) < 4.78 is 11.2. The molecule has 0 amide bonds. The van der Waals surface area contributed by atoms with Crippen molar-refractivity contribution in [1.29, 1.82) is 5.26 Å². The van der Waals surface area contributed by atoms with Gasteiger partial charge in [0, 0.05) is 5.02 Å². The molecule has 0 N–H and O–H groups in total. The summed E-state index contributed by atoms with van der Waals surface area (Å²) >= 11 is 5.94. The van der Waals surface area contributed by atoms with Crippen molar-refractivity contribution in [2.75, 3.05) is 7.11 Å². The zero-order valence-electron chi connectivity index (χ0n) is 18.8. The largest absolute Gasteiger partial charge is 0.493 e. The van der Waals surface area contributed by atoms with Gasteiger partial charge in [-0.2, -0.15) is 5.26 Å². The third kappa shape index (κ3) is 6.37. The first-order valence-electron chi connectivity index (χ1n) is 11.3. The molecule has 0 saturated heterocycles. The van der Waals surface area contributed by atoms with Crippen LogP contribution in [-0.4, -0.2) is 13.1 Å². The molecule has 1 saturated carbocycles. The summed E-state index contributed by atoms with van der Waals surface area (Å²) in [4.78, 5) is 12.7. The number of methoxy groups -OCH3 is 1. The number of carbonyl (C=O) groups excluding carboxylic acids is 1. The normalized spacial score (nSPS) is 18.6. The van der Waals surface area contributed by atoms with Gasteiger partial charge in [-0.3, -0.25) is 4.79 Å². The summed E-state index contributed by atoms with van der Waals surface area (Å²) in [5.41, 5.74) is 2.07. The first kappa shape index (κ1) is 23.9. The van der Waals surface area contributed by atoms with Crippen LogP contribution >= 0.6 is 11.6 Å². The molecule has 0 aromatic heterocycles. The number of allylic oxidation sites excluding steroid dienone is 1. The maximum Gasteiger partial charge on any atom is 0.314 e. The van der Waals surface area contributed by atoms with Gasteiger partial charge in [0.1, 0.15) is 0 Å². The number of benzene rings is 2. The van der Waals surface area contributed by atoms with E-state index >= 15 is 0 Å². The highest BCUT2D eigenvalue weighted by Gasteiger charge is 2.28. The molecule has 0 unspecified atom stereocenters. The Bertz CT molecular complexity index is 983. The molecule has 0 heterocycles. The highest BCUT2D eigenvalue weighted by molar-refractivity contribution is 6.30. The third-order valence-electron chi connectivity index (χ3n) is 6.13. The molecule has 1 aliphatic rings. The van der Waals surface area contributed by atoms with Crippen molar-refractivity contribution in [1.82, 2.24) is 0 Å². The summed E-state index contributed by atoms with van der Waals surface area (Å²) in [5.74, 6) is 1.39. The van der Waals surface area contributed by atoms with E-state index in [4.69, 9.17) is 21.1 Å². The monoisotopic (exact) mass is 451 g/mol. The van der Waals surface area contributed by atoms with Crippen LogP contribution in [0.3, 0.4) is 0 Å². The van der Waals surface area contributed by atoms with E-state index in [0.29, 0.717) is 22.1 Å². The lowest BCUT2D eigenvalue weighted by Crippen LogP contribution is -2.25. The Morgan fingerprint density at radius 1 is 1.12 bits per heavy atom. The molecular formula is C27H30ClNO3. The molecule has 0 radical (unpaired) electrons. The first-order valence-corrected chi connectivity index (χ1v) is 11.7. The van der Waals surface area contributed by atoms with E-state index in [1.54, 1.807) is 37.5 Å². The van der Waals surface area contributed by atoms with Crippen LogP contribution in [0.15, 0.2) is 42.5 Å². The van der Waals surface area contributed by atoms with Crippen LogP contribution in [0, 0.1) is 23.2 Å². The fourth-order valence-electron chi connectivity index (χ4n) is 4.21. The zero-order valence-corrected chi connectivity index (χ0v) is 19.5. The molecule has 0 bridgehead atoms. The molecule has 5 heteroatoms. The summed E-state index contributed by atoms with van der Waals surface area (Å²) in [6.45, 7) is 2.22. The van der Waals surface area contributed by atoms with Gasteiger partial charge in [-0.25, -0.2) is 0 Å². The van der Waals surface area contributed by atoms with E-state index < -0.39 is 0 Å². The lowest BCUT2D eigenvalue weighted by atomic mass is 9.80. The number of halogens is 1. The van der Waals surface area contributed by atoms with Gasteiger partial charge in [0.25, 0.3) is 0 Å². The number of hydrogen-bond acceptors (Lipinski definition) is 4. The molecule has 0 spiro atoms. The summed E-state index contributed by atoms with van der Waals surface area (Å²) in [6.07, 6.45) is 9.51. The number of hydrogen-bond donors (Lipinski definition) is 0. The van der Waals surface area contributed by atoms with Crippen molar-refractivity contribution in [3.63, 3.8) is 0 Å². The van der Waals surface area contributed by atoms with Crippen LogP contribution in [0.1, 0.15) is 63.0 Å². The number of carbonyl (C=O) groups is 1. The smallest absolute Gasteiger partial charge is 0.314 e. The van der Waals surface area contributed by atoms with Gasteiger partial charge in [-0.1, -0.05) is 56.0 Å². The number of nitriles is 1. The zero-order chi connectivity index (χ0) is 22.9. The number of rotatable bonds is 8. The molecule has 3 rings (SSSR count). The van der Waals surface area contributed by atoms with E-state index in [2.05, 4.69) is 13.0 Å². The molecule has 2 aromatic rings. The summed E-state index contributed by atoms with van der Waals surface area (Å²) in [5, 5.41) is 10.2. The molecule has 4 nitrogen and oxygen atoms in total. The van der Waals surface area contributed by atoms with Crippen molar-refractivity contribution < 1.29 is 14.3 Å². The second kappa shape index (κ2) is 11.7. The van der Waals surface area contributed by atoms with E-state index in [9.17, 15) is 10.1 Å². The molecule has 168 valence electrons. The van der Waals surface area contributed by atoms with Crippen LogP contribution in [0.2, 0.25) is 5.02 Å². The minimum absolute atomic E-state index is 0.0488. The maximum absolute atomic E-state index is 12.7. The molecular weight excluding hydrogens is 422 g/mol. The van der Waals surface area contributed by atoms with Gasteiger partial charge in [-0.15, -0.1) is 0 Å². The molecule has 1 aliphatic carbocycles. The van der Waals surface area contributed by atoms with Crippen molar-refractivity contribution in [2.45, 2.75) is 51.9 Å². The molecule has 0 aliphatic heterocycles. The van der Waals surface area contributed by atoms with E-state index in [1.165, 1.54) is 19.3 Å². The second-order valence-corrected chi connectivity index (χ2v) is 8.80. The molecule has 32 heavy (non-hydrogen) atoms. The third-order valence-corrected chi connectivity index (χ3v) is 6.38. The van der Waals surface area contributed by atoms with Crippen LogP contribution in [0.4, 0.5) is 0 Å². The average molecular weight is 452 g/mol. The van der Waals surface area contributed by atoms with Gasteiger partial charge < -0.3 is 9.47 Å². The van der Waals surface area contributed by atoms with Crippen LogP contribution in [-0.2, 0) is 4.79 Å². The van der Waals surface area contributed by atoms with Crippen molar-refractivity contribution >= 4 is 29.2 Å². The van der Waals surface area contributed by atoms with E-state index in [-0.39, 0.29) is 11.9 Å². The Labute approximate surface area is 195 Å². The quantitative estimate of drug-likeness (QED) is 0.182. The van der Waals surface area contributed by atoms with Gasteiger partial charge in [0.05, 0.1) is 24.7 Å². The van der Waals surface area contributed by atoms with Crippen LogP contribution in [0.25, 0.3) is 11.6 Å². The van der Waals surface area contributed by atoms with E-state index in [0.717, 1.165) is 42.7 Å². The van der Waals surface area contributed by atoms with E-state index in [1.807, 2.05) is 18.2 Å². The van der Waals surface area contributed by atoms with Gasteiger partial charge in [0.15, 0.2) is 11.5 Å². The Morgan fingerprint density at radius 3 is 2.47 bits per heavy atom. The highest BCUT2D eigenvalue weighted by Crippen LogP contribution is 2.35. The van der Waals surface area contributed by atoms with Crippen molar-refractivity contribution in [3.8, 4) is 17.6 Å². The maximum atomic E-state index is 12.7. The summed E-state index contributed by atoms with van der Waals surface area (Å²) in [6, 6.07) is 14.7.